The Hall–Kier alpha value is -4.78. The molecule has 0 saturated heterocycles. The monoisotopic (exact) mass is 492 g/mol. The van der Waals surface area contributed by atoms with Crippen molar-refractivity contribution in [1.29, 1.82) is 0 Å². The quantitative estimate of drug-likeness (QED) is 0.346. The Morgan fingerprint density at radius 3 is 2.03 bits per heavy atom. The van der Waals surface area contributed by atoms with Gasteiger partial charge in [0.2, 0.25) is 5.91 Å². The number of benzene rings is 3. The zero-order chi connectivity index (χ0) is 26.2. The van der Waals surface area contributed by atoms with E-state index in [0.29, 0.717) is 22.6 Å². The number of nitrogens with one attached hydrogen (secondary N) is 2. The lowest BCUT2D eigenvalue weighted by molar-refractivity contribution is -0.121. The molecule has 0 unspecified atom stereocenters. The van der Waals surface area contributed by atoms with Gasteiger partial charge in [0, 0.05) is 36.6 Å². The van der Waals surface area contributed by atoms with E-state index in [0.717, 1.165) is 11.1 Å². The predicted octanol–water partition coefficient (Wildman–Crippen LogP) is 5.37. The lowest BCUT2D eigenvalue weighted by Gasteiger charge is -2.31. The van der Waals surface area contributed by atoms with Gasteiger partial charge >= 0.3 is 0 Å². The molecule has 0 aliphatic rings. The molecule has 3 aromatic carbocycles. The molecule has 3 amide bonds. The smallest absolute Gasteiger partial charge is 0.255 e. The number of carbonyl (C=O) groups is 3. The van der Waals surface area contributed by atoms with Crippen molar-refractivity contribution >= 4 is 29.1 Å². The summed E-state index contributed by atoms with van der Waals surface area (Å²) in [7, 11) is 0. The lowest BCUT2D eigenvalue weighted by Crippen LogP contribution is -2.41. The van der Waals surface area contributed by atoms with Crippen molar-refractivity contribution < 1.29 is 14.4 Å². The van der Waals surface area contributed by atoms with Crippen molar-refractivity contribution in [3.8, 4) is 0 Å². The van der Waals surface area contributed by atoms with E-state index in [9.17, 15) is 14.4 Å². The van der Waals surface area contributed by atoms with Crippen LogP contribution in [-0.4, -0.2) is 27.6 Å². The molecule has 0 radical (unpaired) electrons. The van der Waals surface area contributed by atoms with Gasteiger partial charge in [0.1, 0.15) is 0 Å². The van der Waals surface area contributed by atoms with Crippen molar-refractivity contribution in [3.63, 3.8) is 0 Å². The fourth-order valence-corrected chi connectivity index (χ4v) is 3.95. The summed E-state index contributed by atoms with van der Waals surface area (Å²) in [5.41, 5.74) is 3.98. The molecule has 0 fully saturated rings. The van der Waals surface area contributed by atoms with E-state index >= 15 is 0 Å². The zero-order valence-electron chi connectivity index (χ0n) is 20.7. The van der Waals surface area contributed by atoms with Crippen LogP contribution >= 0.6 is 0 Å². The molecule has 4 aromatic rings. The highest BCUT2D eigenvalue weighted by Crippen LogP contribution is 2.26. The fourth-order valence-electron chi connectivity index (χ4n) is 3.95. The summed E-state index contributed by atoms with van der Waals surface area (Å²) in [6, 6.07) is 27.9. The second-order valence-electron chi connectivity index (χ2n) is 8.69. The highest BCUT2D eigenvalue weighted by atomic mass is 16.2. The van der Waals surface area contributed by atoms with Crippen LogP contribution in [0.5, 0.6) is 0 Å². The average Bonchev–Trinajstić information content (AvgIpc) is 2.90. The molecular formula is C30H28N4O3. The molecule has 1 heterocycles. The van der Waals surface area contributed by atoms with Gasteiger partial charge in [-0.2, -0.15) is 0 Å². The zero-order valence-corrected chi connectivity index (χ0v) is 20.7. The maximum Gasteiger partial charge on any atom is 0.255 e. The largest absolute Gasteiger partial charge is 0.326 e. The topological polar surface area (TPSA) is 91.4 Å². The molecule has 0 saturated carbocycles. The standard InChI is InChI=1S/C30H28N4O3/c1-21-11-15-26(16-12-21)33-29(36)28(27-10-6-7-19-31-27)34(20-23-8-4-3-5-9-23)30(37)24-13-17-25(18-14-24)32-22(2)35/h3-19,28H,20H2,1-2H3,(H,32,35)(H,33,36)/t28-/m1/s1. The molecule has 1 atom stereocenters. The second-order valence-corrected chi connectivity index (χ2v) is 8.69. The van der Waals surface area contributed by atoms with E-state index in [1.807, 2.05) is 61.5 Å². The summed E-state index contributed by atoms with van der Waals surface area (Å²) in [4.78, 5) is 45.0. The third-order valence-electron chi connectivity index (χ3n) is 5.76. The predicted molar refractivity (Wildman–Crippen MR) is 144 cm³/mol. The number of rotatable bonds is 8. The van der Waals surface area contributed by atoms with E-state index in [1.54, 1.807) is 48.7 Å². The van der Waals surface area contributed by atoms with E-state index in [2.05, 4.69) is 15.6 Å². The molecule has 0 bridgehead atoms. The van der Waals surface area contributed by atoms with Crippen LogP contribution in [0, 0.1) is 6.92 Å². The number of nitrogens with zero attached hydrogens (tertiary/aromatic N) is 2. The highest BCUT2D eigenvalue weighted by molar-refractivity contribution is 6.01. The maximum absolute atomic E-state index is 13.9. The summed E-state index contributed by atoms with van der Waals surface area (Å²) in [6.45, 7) is 3.58. The Kier molecular flexibility index (Phi) is 8.05. The Morgan fingerprint density at radius 1 is 0.784 bits per heavy atom. The molecule has 0 spiro atoms. The van der Waals surface area contributed by atoms with Crippen molar-refractivity contribution in [2.75, 3.05) is 10.6 Å². The molecule has 2 N–H and O–H groups in total. The third-order valence-corrected chi connectivity index (χ3v) is 5.76. The van der Waals surface area contributed by atoms with Crippen LogP contribution in [0.1, 0.15) is 40.1 Å². The normalized spacial score (nSPS) is 11.3. The first-order valence-corrected chi connectivity index (χ1v) is 11.9. The summed E-state index contributed by atoms with van der Waals surface area (Å²) >= 11 is 0. The molecule has 0 aliphatic carbocycles. The highest BCUT2D eigenvalue weighted by Gasteiger charge is 2.33. The molecule has 1 aromatic heterocycles. The van der Waals surface area contributed by atoms with Gasteiger partial charge in [-0.3, -0.25) is 19.4 Å². The SMILES string of the molecule is CC(=O)Nc1ccc(C(=O)N(Cc2ccccc2)[C@@H](C(=O)Nc2ccc(C)cc2)c2ccccn2)cc1. The number of pyridine rings is 1. The van der Waals surface area contributed by atoms with Crippen LogP contribution in [0.25, 0.3) is 0 Å². The Balaban J connectivity index is 1.73. The number of aryl methyl sites for hydroxylation is 1. The minimum Gasteiger partial charge on any atom is -0.326 e. The average molecular weight is 493 g/mol. The van der Waals surface area contributed by atoms with Gasteiger partial charge in [-0.25, -0.2) is 0 Å². The van der Waals surface area contributed by atoms with E-state index < -0.39 is 6.04 Å². The summed E-state index contributed by atoms with van der Waals surface area (Å²) in [6.07, 6.45) is 1.61. The minimum absolute atomic E-state index is 0.190. The van der Waals surface area contributed by atoms with Gasteiger partial charge in [-0.15, -0.1) is 0 Å². The summed E-state index contributed by atoms with van der Waals surface area (Å²) in [5, 5.41) is 5.65. The van der Waals surface area contributed by atoms with Gasteiger partial charge in [0.25, 0.3) is 11.8 Å². The Morgan fingerprint density at radius 2 is 1.41 bits per heavy atom. The fraction of sp³-hybridized carbons (Fsp3) is 0.133. The number of hydrogen-bond acceptors (Lipinski definition) is 4. The van der Waals surface area contributed by atoms with Gasteiger partial charge in [0.15, 0.2) is 6.04 Å². The second kappa shape index (κ2) is 11.8. The van der Waals surface area contributed by atoms with Crippen LogP contribution in [0.3, 0.4) is 0 Å². The molecule has 7 heteroatoms. The minimum atomic E-state index is -0.995. The molecule has 186 valence electrons. The van der Waals surface area contributed by atoms with E-state index in [4.69, 9.17) is 0 Å². The van der Waals surface area contributed by atoms with Crippen molar-refractivity contribution in [2.45, 2.75) is 26.4 Å². The van der Waals surface area contributed by atoms with Gasteiger partial charge in [-0.05, 0) is 61.0 Å². The molecule has 0 aliphatic heterocycles. The third kappa shape index (κ3) is 6.67. The van der Waals surface area contributed by atoms with Crippen molar-refractivity contribution in [1.82, 2.24) is 9.88 Å². The van der Waals surface area contributed by atoms with Crippen molar-refractivity contribution in [2.24, 2.45) is 0 Å². The number of amides is 3. The number of hydrogen-bond donors (Lipinski definition) is 2. The molecule has 4 rings (SSSR count). The van der Waals surface area contributed by atoms with Crippen molar-refractivity contribution in [3.05, 3.63) is 126 Å². The Bertz CT molecular complexity index is 1360. The summed E-state index contributed by atoms with van der Waals surface area (Å²) in [5.74, 6) is -0.914. The first kappa shape index (κ1) is 25.3. The van der Waals surface area contributed by atoms with Crippen LogP contribution in [0.4, 0.5) is 11.4 Å². The molecule has 7 nitrogen and oxygen atoms in total. The van der Waals surface area contributed by atoms with Crippen LogP contribution < -0.4 is 10.6 Å². The van der Waals surface area contributed by atoms with Crippen LogP contribution in [-0.2, 0) is 16.1 Å². The van der Waals surface area contributed by atoms with E-state index in [1.165, 1.54) is 11.8 Å². The Labute approximate surface area is 216 Å². The van der Waals surface area contributed by atoms with Gasteiger partial charge in [0.05, 0.1) is 5.69 Å². The van der Waals surface area contributed by atoms with Gasteiger partial charge in [-0.1, -0.05) is 54.1 Å². The first-order valence-electron chi connectivity index (χ1n) is 11.9. The number of aromatic nitrogens is 1. The van der Waals surface area contributed by atoms with Crippen LogP contribution in [0.15, 0.2) is 103 Å². The van der Waals surface area contributed by atoms with E-state index in [-0.39, 0.29) is 24.3 Å². The molecular weight excluding hydrogens is 464 g/mol. The maximum atomic E-state index is 13.9. The first-order chi connectivity index (χ1) is 17.9. The number of anilines is 2. The van der Waals surface area contributed by atoms with Crippen LogP contribution in [0.2, 0.25) is 0 Å². The number of carbonyl (C=O) groups excluding carboxylic acids is 3. The lowest BCUT2D eigenvalue weighted by atomic mass is 10.1. The molecule has 37 heavy (non-hydrogen) atoms. The summed E-state index contributed by atoms with van der Waals surface area (Å²) < 4.78 is 0. The van der Waals surface area contributed by atoms with Gasteiger partial charge < -0.3 is 15.5 Å².